The Labute approximate surface area is 207 Å². The molecular weight excluding hydrogens is 448 g/mol. The van der Waals surface area contributed by atoms with Crippen molar-refractivity contribution < 1.29 is 28.9 Å². The maximum absolute atomic E-state index is 12.4. The molecule has 1 heterocycles. The molecule has 1 aromatic heterocycles. The van der Waals surface area contributed by atoms with Crippen LogP contribution in [0.2, 0.25) is 0 Å². The van der Waals surface area contributed by atoms with E-state index in [4.69, 9.17) is 13.9 Å². The number of hydrogen-bond donors (Lipinski definition) is 2. The van der Waals surface area contributed by atoms with Gasteiger partial charge in [0, 0.05) is 17.5 Å². The van der Waals surface area contributed by atoms with Crippen LogP contribution in [0.25, 0.3) is 16.5 Å². The number of esters is 1. The first-order valence-corrected chi connectivity index (χ1v) is 12.0. The molecule has 0 aliphatic heterocycles. The van der Waals surface area contributed by atoms with Crippen LogP contribution in [0.15, 0.2) is 64.4 Å². The minimum Gasteiger partial charge on any atom is -0.493 e. The second kappa shape index (κ2) is 16.5. The average Bonchev–Trinajstić information content (AvgIpc) is 2.88. The fourth-order valence-electron chi connectivity index (χ4n) is 3.30. The van der Waals surface area contributed by atoms with Gasteiger partial charge in [-0.2, -0.15) is 0 Å². The monoisotopic (exact) mass is 486 g/mol. The van der Waals surface area contributed by atoms with Gasteiger partial charge in [0.15, 0.2) is 0 Å². The topological polar surface area (TPSA) is 106 Å². The van der Waals surface area contributed by atoms with Crippen molar-refractivity contribution in [3.63, 3.8) is 0 Å². The van der Waals surface area contributed by atoms with Gasteiger partial charge in [0.25, 0.3) is 0 Å². The van der Waals surface area contributed by atoms with Crippen LogP contribution in [0.3, 0.4) is 0 Å². The maximum Gasteiger partial charge on any atom is 0.344 e. The van der Waals surface area contributed by atoms with Crippen molar-refractivity contribution in [2.75, 3.05) is 13.2 Å². The van der Waals surface area contributed by atoms with Gasteiger partial charge in [-0.05, 0) is 63.3 Å². The van der Waals surface area contributed by atoms with Crippen LogP contribution >= 0.6 is 0 Å². The summed E-state index contributed by atoms with van der Waals surface area (Å²) in [5, 5.41) is 20.9. The smallest absolute Gasteiger partial charge is 0.344 e. The van der Waals surface area contributed by atoms with E-state index in [1.165, 1.54) is 0 Å². The molecular formula is C28H38O7. The van der Waals surface area contributed by atoms with Gasteiger partial charge in [-0.15, -0.1) is 0 Å². The highest BCUT2D eigenvalue weighted by Crippen LogP contribution is 2.23. The molecule has 2 N–H and O–H groups in total. The molecule has 35 heavy (non-hydrogen) atoms. The highest BCUT2D eigenvalue weighted by Gasteiger charge is 2.16. The van der Waals surface area contributed by atoms with Crippen molar-refractivity contribution in [2.45, 2.75) is 65.6 Å². The van der Waals surface area contributed by atoms with Crippen LogP contribution in [0.5, 0.6) is 5.75 Å². The highest BCUT2D eigenvalue weighted by atomic mass is 16.5. The highest BCUT2D eigenvalue weighted by molar-refractivity contribution is 5.84. The van der Waals surface area contributed by atoms with E-state index in [0.717, 1.165) is 17.0 Å². The van der Waals surface area contributed by atoms with Gasteiger partial charge >= 0.3 is 11.6 Å². The zero-order valence-corrected chi connectivity index (χ0v) is 21.2. The quantitative estimate of drug-likeness (QED) is 0.132. The first-order valence-electron chi connectivity index (χ1n) is 12.0. The summed E-state index contributed by atoms with van der Waals surface area (Å²) in [7, 11) is 0. The minimum atomic E-state index is -0.902. The molecule has 7 heteroatoms. The van der Waals surface area contributed by atoms with E-state index in [1.807, 2.05) is 52.0 Å². The van der Waals surface area contributed by atoms with Crippen molar-refractivity contribution in [1.29, 1.82) is 0 Å². The fourth-order valence-corrected chi connectivity index (χ4v) is 3.30. The van der Waals surface area contributed by atoms with Crippen LogP contribution < -0.4 is 10.4 Å². The SMILES string of the molecule is C=CC(=O)OCCCC(O)C(O)CCCOc1ccc2cc(C(/C=C\C)=C/C)c(=O)oc2c1.CC. The van der Waals surface area contributed by atoms with Crippen molar-refractivity contribution >= 4 is 22.5 Å². The molecule has 2 aromatic rings. The molecule has 2 unspecified atom stereocenters. The molecule has 0 aliphatic carbocycles. The van der Waals surface area contributed by atoms with Gasteiger partial charge in [0.1, 0.15) is 11.3 Å². The van der Waals surface area contributed by atoms with E-state index in [-0.39, 0.29) is 6.61 Å². The molecule has 0 amide bonds. The number of aliphatic hydroxyl groups excluding tert-OH is 2. The fraction of sp³-hybridized carbons (Fsp3) is 0.429. The molecule has 0 fully saturated rings. The Morgan fingerprint density at radius 2 is 1.74 bits per heavy atom. The van der Waals surface area contributed by atoms with E-state index in [0.29, 0.717) is 49.2 Å². The number of ether oxygens (including phenoxy) is 2. The van der Waals surface area contributed by atoms with Crippen LogP contribution in [0, 0.1) is 0 Å². The summed E-state index contributed by atoms with van der Waals surface area (Å²) in [4.78, 5) is 23.4. The number of hydrogen-bond acceptors (Lipinski definition) is 7. The number of aliphatic hydroxyl groups is 2. The van der Waals surface area contributed by atoms with Crippen molar-refractivity contribution in [3.05, 3.63) is 71.1 Å². The first kappa shape index (κ1) is 29.9. The first-order chi connectivity index (χ1) is 16.9. The summed E-state index contributed by atoms with van der Waals surface area (Å²) in [6, 6.07) is 7.10. The Bertz CT molecular complexity index is 1050. The normalized spacial score (nSPS) is 13.1. The van der Waals surface area contributed by atoms with Crippen LogP contribution in [-0.2, 0) is 9.53 Å². The molecule has 0 saturated carbocycles. The number of carbonyl (C=O) groups is 1. The molecule has 0 bridgehead atoms. The molecule has 1 aromatic carbocycles. The van der Waals surface area contributed by atoms with Gasteiger partial charge in [-0.25, -0.2) is 9.59 Å². The predicted octanol–water partition coefficient (Wildman–Crippen LogP) is 5.19. The number of allylic oxidation sites excluding steroid dienone is 4. The average molecular weight is 487 g/mol. The molecule has 7 nitrogen and oxygen atoms in total. The molecule has 0 spiro atoms. The predicted molar refractivity (Wildman–Crippen MR) is 139 cm³/mol. The second-order valence-electron chi connectivity index (χ2n) is 7.53. The van der Waals surface area contributed by atoms with Gasteiger partial charge in [0.2, 0.25) is 0 Å². The summed E-state index contributed by atoms with van der Waals surface area (Å²) in [6.07, 6.45) is 6.52. The Morgan fingerprint density at radius 1 is 1.09 bits per heavy atom. The lowest BCUT2D eigenvalue weighted by Crippen LogP contribution is -2.26. The maximum atomic E-state index is 12.4. The van der Waals surface area contributed by atoms with E-state index in [2.05, 4.69) is 6.58 Å². The molecule has 0 aliphatic rings. The lowest BCUT2D eigenvalue weighted by molar-refractivity contribution is -0.138. The number of rotatable bonds is 13. The zero-order valence-electron chi connectivity index (χ0n) is 21.2. The third-order valence-electron chi connectivity index (χ3n) is 5.09. The lowest BCUT2D eigenvalue weighted by atomic mass is 10.0. The van der Waals surface area contributed by atoms with Crippen LogP contribution in [0.4, 0.5) is 0 Å². The van der Waals surface area contributed by atoms with E-state index >= 15 is 0 Å². The van der Waals surface area contributed by atoms with Gasteiger partial charge in [0.05, 0.1) is 31.0 Å². The van der Waals surface area contributed by atoms with Crippen molar-refractivity contribution in [3.8, 4) is 5.75 Å². The zero-order chi connectivity index (χ0) is 26.2. The Kier molecular flexibility index (Phi) is 14.1. The molecule has 0 saturated heterocycles. The van der Waals surface area contributed by atoms with Gasteiger partial charge in [-0.1, -0.05) is 38.7 Å². The summed E-state index contributed by atoms with van der Waals surface area (Å²) in [5.41, 5.74) is 1.32. The molecule has 2 atom stereocenters. The number of carbonyl (C=O) groups excluding carboxylic acids is 1. The third-order valence-corrected chi connectivity index (χ3v) is 5.09. The Morgan fingerprint density at radius 3 is 2.34 bits per heavy atom. The number of fused-ring (bicyclic) bond motifs is 1. The Hall–Kier alpha value is -3.16. The Balaban J connectivity index is 0.00000298. The number of benzene rings is 1. The summed E-state index contributed by atoms with van der Waals surface area (Å²) < 4.78 is 16.0. The van der Waals surface area contributed by atoms with Gasteiger partial charge < -0.3 is 24.1 Å². The van der Waals surface area contributed by atoms with E-state index in [1.54, 1.807) is 18.2 Å². The summed E-state index contributed by atoms with van der Waals surface area (Å²) in [6.45, 7) is 11.6. The lowest BCUT2D eigenvalue weighted by Gasteiger charge is -2.17. The van der Waals surface area contributed by atoms with Crippen LogP contribution in [0.1, 0.15) is 58.9 Å². The summed E-state index contributed by atoms with van der Waals surface area (Å²) in [5.74, 6) is 0.0453. The largest absolute Gasteiger partial charge is 0.493 e. The molecule has 2 rings (SSSR count). The van der Waals surface area contributed by atoms with E-state index < -0.39 is 23.8 Å². The van der Waals surface area contributed by atoms with Crippen molar-refractivity contribution in [2.24, 2.45) is 0 Å². The molecule has 192 valence electrons. The van der Waals surface area contributed by atoms with E-state index in [9.17, 15) is 19.8 Å². The van der Waals surface area contributed by atoms with Gasteiger partial charge in [-0.3, -0.25) is 0 Å². The third kappa shape index (κ3) is 9.92. The van der Waals surface area contributed by atoms with Crippen molar-refractivity contribution in [1.82, 2.24) is 0 Å². The minimum absolute atomic E-state index is 0.169. The molecule has 0 radical (unpaired) electrons. The summed E-state index contributed by atoms with van der Waals surface area (Å²) >= 11 is 0. The second-order valence-corrected chi connectivity index (χ2v) is 7.53. The van der Waals surface area contributed by atoms with Crippen LogP contribution in [-0.4, -0.2) is 41.6 Å². The standard InChI is InChI=1S/C26H32O7.C2H6/c1-4-9-18(5-2)21-16-19-12-13-20(17-24(19)33-26(21)30)31-14-7-10-22(27)23(28)11-8-15-32-25(29)6-3;1-2/h4-6,9,12-13,16-17,22-23,27-28H,3,7-8,10-11,14-15H2,1-2H3;1-2H3/b9-4-,18-5+;.